The fourth-order valence-corrected chi connectivity index (χ4v) is 5.18. The Morgan fingerprint density at radius 1 is 0.941 bits per heavy atom. The average molecular weight is 261 g/mol. The Kier molecular flexibility index (Phi) is 3.34. The molecule has 0 aliphatic carbocycles. The van der Waals surface area contributed by atoms with E-state index in [1.165, 1.54) is 40.0 Å². The second kappa shape index (κ2) is 4.95. The molecule has 2 heteroatoms. The largest absolute Gasteiger partial charge is 0.155 e. The van der Waals surface area contributed by atoms with E-state index < -0.39 is 0 Å². The lowest BCUT2D eigenvalue weighted by Gasteiger charge is -2.04. The van der Waals surface area contributed by atoms with Gasteiger partial charge in [0.2, 0.25) is 0 Å². The summed E-state index contributed by atoms with van der Waals surface area (Å²) in [5.41, 5.74) is 0. The molecule has 2 aromatic rings. The van der Waals surface area contributed by atoms with Crippen molar-refractivity contribution >= 4 is 33.4 Å². The van der Waals surface area contributed by atoms with Crippen molar-refractivity contribution < 1.29 is 0 Å². The Morgan fingerprint density at radius 2 is 1.65 bits per heavy atom. The predicted octanol–water partition coefficient (Wildman–Crippen LogP) is 4.33. The monoisotopic (exact) mass is 261 g/mol. The zero-order chi connectivity index (χ0) is 11.7. The molecule has 0 nitrogen and oxygen atoms in total. The van der Waals surface area contributed by atoms with Crippen molar-refractivity contribution in [2.24, 2.45) is 0 Å². The topological polar surface area (TPSA) is 0 Å². The molecule has 0 amide bonds. The van der Waals surface area contributed by atoms with Crippen LogP contribution in [-0.4, -0.2) is 17.8 Å². The predicted molar refractivity (Wildman–Crippen MR) is 80.3 cm³/mol. The second-order valence-electron chi connectivity index (χ2n) is 4.48. The molecule has 17 heavy (non-hydrogen) atoms. The fraction of sp³-hybridized carbons (Fsp3) is 0.333. The van der Waals surface area contributed by atoms with Gasteiger partial charge in [0.05, 0.1) is 0 Å². The average Bonchev–Trinajstić information content (AvgIpc) is 2.91. The third-order valence-corrected chi connectivity index (χ3v) is 6.59. The molecule has 0 unspecified atom stereocenters. The van der Waals surface area contributed by atoms with Crippen molar-refractivity contribution in [3.63, 3.8) is 0 Å². The molecule has 0 radical (unpaired) electrons. The van der Waals surface area contributed by atoms with Crippen LogP contribution in [0.15, 0.2) is 46.2 Å². The van der Waals surface area contributed by atoms with Crippen LogP contribution >= 0.6 is 11.8 Å². The zero-order valence-electron chi connectivity index (χ0n) is 10.1. The van der Waals surface area contributed by atoms with Gasteiger partial charge in [0.15, 0.2) is 4.90 Å². The Morgan fingerprint density at radius 3 is 2.41 bits per heavy atom. The van der Waals surface area contributed by atoms with Crippen LogP contribution in [0.1, 0.15) is 12.8 Å². The summed E-state index contributed by atoms with van der Waals surface area (Å²) >= 11 is 1.81. The number of fused-ring (bicyclic) bond motifs is 1. The Hall–Kier alpha value is -0.600. The molecule has 0 saturated carbocycles. The maximum absolute atomic E-state index is 2.41. The highest BCUT2D eigenvalue weighted by Crippen LogP contribution is 2.28. The van der Waals surface area contributed by atoms with Crippen molar-refractivity contribution in [1.29, 1.82) is 0 Å². The highest BCUT2D eigenvalue weighted by molar-refractivity contribution is 7.98. The molecule has 0 bridgehead atoms. The minimum absolute atomic E-state index is 0.541. The molecule has 0 aromatic heterocycles. The summed E-state index contributed by atoms with van der Waals surface area (Å²) < 4.78 is 0. The molecule has 1 heterocycles. The highest BCUT2D eigenvalue weighted by atomic mass is 32.2. The summed E-state index contributed by atoms with van der Waals surface area (Å²) in [4.78, 5) is 2.93. The lowest BCUT2D eigenvalue weighted by atomic mass is 10.1. The van der Waals surface area contributed by atoms with Crippen molar-refractivity contribution in [3.8, 4) is 0 Å². The van der Waals surface area contributed by atoms with E-state index in [1.807, 2.05) is 11.8 Å². The van der Waals surface area contributed by atoms with E-state index in [0.717, 1.165) is 0 Å². The number of thioether (sulfide) groups is 1. The highest BCUT2D eigenvalue weighted by Gasteiger charge is 2.26. The normalized spacial score (nSPS) is 16.8. The van der Waals surface area contributed by atoms with Gasteiger partial charge in [0.1, 0.15) is 11.5 Å². The molecule has 1 fully saturated rings. The molecular weight excluding hydrogens is 244 g/mol. The van der Waals surface area contributed by atoms with Crippen molar-refractivity contribution in [2.45, 2.75) is 22.6 Å². The molecule has 0 spiro atoms. The van der Waals surface area contributed by atoms with Gasteiger partial charge in [-0.05, 0) is 54.1 Å². The van der Waals surface area contributed by atoms with E-state index in [0.29, 0.717) is 10.9 Å². The SMILES string of the molecule is CSc1ccc2cc([S+]3CCCC3)ccc2c1. The molecule has 1 aliphatic rings. The van der Waals surface area contributed by atoms with Gasteiger partial charge in [0.25, 0.3) is 0 Å². The molecule has 3 rings (SSSR count). The van der Waals surface area contributed by atoms with Crippen LogP contribution < -0.4 is 0 Å². The lowest BCUT2D eigenvalue weighted by molar-refractivity contribution is 0.949. The quantitative estimate of drug-likeness (QED) is 0.572. The Balaban J connectivity index is 2.01. The first-order valence-electron chi connectivity index (χ1n) is 6.12. The van der Waals surface area contributed by atoms with Gasteiger partial charge < -0.3 is 0 Å². The third kappa shape index (κ3) is 2.34. The first-order valence-corrected chi connectivity index (χ1v) is 8.91. The summed E-state index contributed by atoms with van der Waals surface area (Å²) in [6, 6.07) is 13.9. The maximum atomic E-state index is 2.41. The maximum Gasteiger partial charge on any atom is 0.155 e. The third-order valence-electron chi connectivity index (χ3n) is 3.38. The minimum atomic E-state index is 0.541. The van der Waals surface area contributed by atoms with Gasteiger partial charge in [-0.3, -0.25) is 0 Å². The number of rotatable bonds is 2. The van der Waals surface area contributed by atoms with E-state index in [9.17, 15) is 0 Å². The van der Waals surface area contributed by atoms with Gasteiger partial charge in [-0.25, -0.2) is 0 Å². The molecule has 1 saturated heterocycles. The van der Waals surface area contributed by atoms with E-state index in [1.54, 1.807) is 4.90 Å². The van der Waals surface area contributed by atoms with Crippen LogP contribution in [0.4, 0.5) is 0 Å². The first kappa shape index (κ1) is 11.5. The second-order valence-corrected chi connectivity index (χ2v) is 7.64. The number of hydrogen-bond donors (Lipinski definition) is 0. The van der Waals surface area contributed by atoms with Crippen molar-refractivity contribution in [3.05, 3.63) is 36.4 Å². The van der Waals surface area contributed by atoms with E-state index in [-0.39, 0.29) is 0 Å². The molecule has 1 aliphatic heterocycles. The summed E-state index contributed by atoms with van der Waals surface area (Å²) in [6.07, 6.45) is 4.98. The summed E-state index contributed by atoms with van der Waals surface area (Å²) in [6.45, 7) is 0. The Labute approximate surface area is 110 Å². The van der Waals surface area contributed by atoms with Crippen LogP contribution in [0.2, 0.25) is 0 Å². The lowest BCUT2D eigenvalue weighted by Crippen LogP contribution is -2.03. The fourth-order valence-electron chi connectivity index (χ4n) is 2.40. The number of hydrogen-bond acceptors (Lipinski definition) is 1. The van der Waals surface area contributed by atoms with E-state index in [2.05, 4.69) is 42.7 Å². The van der Waals surface area contributed by atoms with Crippen LogP contribution in [0.25, 0.3) is 10.8 Å². The van der Waals surface area contributed by atoms with Gasteiger partial charge in [0, 0.05) is 21.9 Å². The van der Waals surface area contributed by atoms with Gasteiger partial charge in [-0.15, -0.1) is 11.8 Å². The molecular formula is C15H17S2+. The van der Waals surface area contributed by atoms with Gasteiger partial charge in [-0.2, -0.15) is 0 Å². The smallest absolute Gasteiger partial charge is 0.130 e. The van der Waals surface area contributed by atoms with Crippen LogP contribution in [0.5, 0.6) is 0 Å². The molecule has 88 valence electrons. The summed E-state index contributed by atoms with van der Waals surface area (Å²) in [5.74, 6) is 2.82. The van der Waals surface area contributed by atoms with Crippen LogP contribution in [0, 0.1) is 0 Å². The Bertz CT molecular complexity index is 527. The summed E-state index contributed by atoms with van der Waals surface area (Å²) in [7, 11) is 0.541. The first-order chi connectivity index (χ1) is 8.36. The molecule has 0 atom stereocenters. The van der Waals surface area contributed by atoms with Crippen molar-refractivity contribution in [1.82, 2.24) is 0 Å². The number of benzene rings is 2. The van der Waals surface area contributed by atoms with Gasteiger partial charge >= 0.3 is 0 Å². The van der Waals surface area contributed by atoms with E-state index in [4.69, 9.17) is 0 Å². The van der Waals surface area contributed by atoms with E-state index >= 15 is 0 Å². The van der Waals surface area contributed by atoms with Crippen LogP contribution in [0.3, 0.4) is 0 Å². The minimum Gasteiger partial charge on any atom is -0.130 e. The molecule has 2 aromatic carbocycles. The van der Waals surface area contributed by atoms with Gasteiger partial charge in [-0.1, -0.05) is 6.07 Å². The van der Waals surface area contributed by atoms with Crippen LogP contribution in [-0.2, 0) is 10.9 Å². The standard InChI is InChI=1S/C15H17S2/c1-16-14-6-4-13-11-15(7-5-12(13)10-14)17-8-2-3-9-17/h4-7,10-11H,2-3,8-9H2,1H3/q+1. The van der Waals surface area contributed by atoms with Crippen molar-refractivity contribution in [2.75, 3.05) is 17.8 Å². The molecule has 0 N–H and O–H groups in total. The summed E-state index contributed by atoms with van der Waals surface area (Å²) in [5, 5.41) is 2.78. The zero-order valence-corrected chi connectivity index (χ0v) is 11.7.